The molecule has 0 radical (unpaired) electrons. The molecule has 1 unspecified atom stereocenters. The highest BCUT2D eigenvalue weighted by Crippen LogP contribution is 2.12. The van der Waals surface area contributed by atoms with Crippen molar-refractivity contribution in [3.05, 3.63) is 18.2 Å². The minimum Gasteiger partial charge on any atom is -0.480 e. The Morgan fingerprint density at radius 1 is 1.75 bits per heavy atom. The van der Waals surface area contributed by atoms with Crippen LogP contribution in [0.3, 0.4) is 0 Å². The van der Waals surface area contributed by atoms with Gasteiger partial charge in [-0.3, -0.25) is 10.1 Å². The van der Waals surface area contributed by atoms with Gasteiger partial charge in [0.15, 0.2) is 0 Å². The molecule has 1 aromatic rings. The van der Waals surface area contributed by atoms with E-state index in [0.717, 1.165) is 0 Å². The van der Waals surface area contributed by atoms with Crippen LogP contribution < -0.4 is 5.32 Å². The molecule has 90 valence electrons. The highest BCUT2D eigenvalue weighted by Gasteiger charge is 2.22. The first kappa shape index (κ1) is 12.7. The molecule has 16 heavy (non-hydrogen) atoms. The molecular weight excluding hydrogens is 210 g/mol. The monoisotopic (exact) mass is 227 g/mol. The minimum atomic E-state index is -0.911. The fourth-order valence-corrected chi connectivity index (χ4v) is 1.46. The highest BCUT2D eigenvalue weighted by molar-refractivity contribution is 5.74. The van der Waals surface area contributed by atoms with E-state index >= 15 is 0 Å². The third-order valence-corrected chi connectivity index (χ3v) is 2.28. The summed E-state index contributed by atoms with van der Waals surface area (Å²) in [5.41, 5.74) is 0.658. The molecule has 0 saturated heterocycles. The number of imidazole rings is 1. The quantitative estimate of drug-likeness (QED) is 0.654. The van der Waals surface area contributed by atoms with Crippen molar-refractivity contribution in [1.29, 1.82) is 0 Å². The summed E-state index contributed by atoms with van der Waals surface area (Å²) in [6.45, 7) is 3.61. The molecule has 0 bridgehead atoms. The van der Waals surface area contributed by atoms with E-state index in [1.807, 2.05) is 6.92 Å². The summed E-state index contributed by atoms with van der Waals surface area (Å²) in [6.07, 6.45) is 3.20. The van der Waals surface area contributed by atoms with Gasteiger partial charge in [0.05, 0.1) is 24.8 Å². The summed E-state index contributed by atoms with van der Waals surface area (Å²) in [4.78, 5) is 15.1. The number of nitrogens with one attached hydrogen (secondary N) is 1. The topological polar surface area (TPSA) is 76.4 Å². The zero-order valence-corrected chi connectivity index (χ0v) is 9.51. The van der Waals surface area contributed by atoms with Crippen LogP contribution in [-0.2, 0) is 16.1 Å². The molecule has 0 aliphatic heterocycles. The number of aliphatic carboxylic acids is 1. The summed E-state index contributed by atoms with van der Waals surface area (Å²) >= 11 is 0. The fourth-order valence-electron chi connectivity index (χ4n) is 1.46. The van der Waals surface area contributed by atoms with Gasteiger partial charge < -0.3 is 14.4 Å². The Labute approximate surface area is 94.2 Å². The van der Waals surface area contributed by atoms with Crippen LogP contribution in [0.2, 0.25) is 0 Å². The van der Waals surface area contributed by atoms with Gasteiger partial charge in [-0.15, -0.1) is 0 Å². The molecule has 1 heterocycles. The smallest absolute Gasteiger partial charge is 0.326 e. The first-order chi connectivity index (χ1) is 7.70. The van der Waals surface area contributed by atoms with Crippen LogP contribution >= 0.6 is 0 Å². The van der Waals surface area contributed by atoms with E-state index in [-0.39, 0.29) is 0 Å². The second kappa shape index (κ2) is 6.24. The third-order valence-electron chi connectivity index (χ3n) is 2.28. The van der Waals surface area contributed by atoms with Crippen LogP contribution in [0.15, 0.2) is 12.5 Å². The molecule has 1 rings (SSSR count). The van der Waals surface area contributed by atoms with Crippen molar-refractivity contribution >= 4 is 5.97 Å². The summed E-state index contributed by atoms with van der Waals surface area (Å²) in [5.74, 6) is -0.911. The van der Waals surface area contributed by atoms with Crippen molar-refractivity contribution in [1.82, 2.24) is 14.9 Å². The lowest BCUT2D eigenvalue weighted by molar-refractivity contribution is -0.139. The van der Waals surface area contributed by atoms with Crippen LogP contribution in [0.5, 0.6) is 0 Å². The van der Waals surface area contributed by atoms with Crippen LogP contribution in [0.4, 0.5) is 0 Å². The number of aryl methyl sites for hydroxylation is 1. The maximum atomic E-state index is 11.1. The molecule has 0 amide bonds. The summed E-state index contributed by atoms with van der Waals surface area (Å²) in [5, 5.41) is 12.0. The molecule has 0 saturated carbocycles. The number of rotatable bonds is 7. The largest absolute Gasteiger partial charge is 0.480 e. The van der Waals surface area contributed by atoms with Gasteiger partial charge in [-0.1, -0.05) is 0 Å². The summed E-state index contributed by atoms with van der Waals surface area (Å²) in [6, 6.07) is -0.738. The Kier molecular flexibility index (Phi) is 4.94. The zero-order chi connectivity index (χ0) is 12.0. The van der Waals surface area contributed by atoms with E-state index in [0.29, 0.717) is 25.4 Å². The second-order valence-electron chi connectivity index (χ2n) is 3.32. The standard InChI is InChI=1S/C10H17N3O3/c1-3-13-7-11-6-8(13)9(10(14)15)12-4-5-16-2/h6-7,9,12H,3-5H2,1-2H3,(H,14,15). The van der Waals surface area contributed by atoms with Gasteiger partial charge in [-0.2, -0.15) is 0 Å². The Balaban J connectivity index is 2.73. The number of methoxy groups -OCH3 is 1. The van der Waals surface area contributed by atoms with Gasteiger partial charge in [0.2, 0.25) is 0 Å². The van der Waals surface area contributed by atoms with Gasteiger partial charge in [0.25, 0.3) is 0 Å². The van der Waals surface area contributed by atoms with Gasteiger partial charge in [0, 0.05) is 20.2 Å². The number of carboxylic acid groups (broad SMARTS) is 1. The predicted octanol–water partition coefficient (Wildman–Crippen LogP) is 0.265. The van der Waals surface area contributed by atoms with E-state index in [9.17, 15) is 4.79 Å². The summed E-state index contributed by atoms with van der Waals surface area (Å²) < 4.78 is 6.67. The molecule has 6 heteroatoms. The van der Waals surface area contributed by atoms with Crippen LogP contribution in [0.1, 0.15) is 18.7 Å². The van der Waals surface area contributed by atoms with Gasteiger partial charge in [-0.05, 0) is 6.92 Å². The molecule has 0 aliphatic carbocycles. The van der Waals surface area contributed by atoms with Crippen molar-refractivity contribution in [2.75, 3.05) is 20.3 Å². The van der Waals surface area contributed by atoms with E-state index in [4.69, 9.17) is 9.84 Å². The average molecular weight is 227 g/mol. The first-order valence-electron chi connectivity index (χ1n) is 5.15. The number of ether oxygens (including phenoxy) is 1. The normalized spacial score (nSPS) is 12.6. The van der Waals surface area contributed by atoms with Crippen LogP contribution in [-0.4, -0.2) is 40.9 Å². The molecule has 0 aliphatic rings. The Morgan fingerprint density at radius 3 is 3.06 bits per heavy atom. The lowest BCUT2D eigenvalue weighted by Crippen LogP contribution is -2.32. The lowest BCUT2D eigenvalue weighted by Gasteiger charge is -2.15. The third kappa shape index (κ3) is 3.04. The second-order valence-corrected chi connectivity index (χ2v) is 3.32. The average Bonchev–Trinajstić information content (AvgIpc) is 2.71. The van der Waals surface area contributed by atoms with Crippen LogP contribution in [0, 0.1) is 0 Å². The van der Waals surface area contributed by atoms with Crippen molar-refractivity contribution in [3.63, 3.8) is 0 Å². The van der Waals surface area contributed by atoms with Crippen molar-refractivity contribution in [2.24, 2.45) is 0 Å². The maximum absolute atomic E-state index is 11.1. The van der Waals surface area contributed by atoms with E-state index in [1.165, 1.54) is 0 Å². The fraction of sp³-hybridized carbons (Fsp3) is 0.600. The predicted molar refractivity (Wildman–Crippen MR) is 58.2 cm³/mol. The van der Waals surface area contributed by atoms with E-state index in [2.05, 4.69) is 10.3 Å². The SMILES string of the molecule is CCn1cncc1C(NCCOC)C(=O)O. The Morgan fingerprint density at radius 2 is 2.50 bits per heavy atom. The van der Waals surface area contributed by atoms with Crippen LogP contribution in [0.25, 0.3) is 0 Å². The highest BCUT2D eigenvalue weighted by atomic mass is 16.5. The lowest BCUT2D eigenvalue weighted by atomic mass is 10.2. The number of hydrogen-bond donors (Lipinski definition) is 2. The number of aromatic nitrogens is 2. The molecule has 0 aromatic carbocycles. The number of carboxylic acids is 1. The van der Waals surface area contributed by atoms with Gasteiger partial charge in [-0.25, -0.2) is 4.98 Å². The molecular formula is C10H17N3O3. The molecule has 0 spiro atoms. The maximum Gasteiger partial charge on any atom is 0.326 e. The van der Waals surface area contributed by atoms with Crippen molar-refractivity contribution in [3.8, 4) is 0 Å². The molecule has 1 aromatic heterocycles. The zero-order valence-electron chi connectivity index (χ0n) is 9.51. The van der Waals surface area contributed by atoms with Crippen molar-refractivity contribution in [2.45, 2.75) is 19.5 Å². The molecule has 6 nitrogen and oxygen atoms in total. The Bertz CT molecular complexity index is 338. The van der Waals surface area contributed by atoms with E-state index in [1.54, 1.807) is 24.2 Å². The van der Waals surface area contributed by atoms with E-state index < -0.39 is 12.0 Å². The molecule has 2 N–H and O–H groups in total. The number of nitrogens with zero attached hydrogens (tertiary/aromatic N) is 2. The van der Waals surface area contributed by atoms with Gasteiger partial charge >= 0.3 is 5.97 Å². The Hall–Kier alpha value is -1.40. The van der Waals surface area contributed by atoms with Gasteiger partial charge in [0.1, 0.15) is 6.04 Å². The molecule has 0 fully saturated rings. The minimum absolute atomic E-state index is 0.476. The molecule has 1 atom stereocenters. The van der Waals surface area contributed by atoms with Crippen molar-refractivity contribution < 1.29 is 14.6 Å². The first-order valence-corrected chi connectivity index (χ1v) is 5.15. The number of carbonyl (C=O) groups is 1. The summed E-state index contributed by atoms with van der Waals surface area (Å²) in [7, 11) is 1.58. The number of hydrogen-bond acceptors (Lipinski definition) is 4.